The number of ether oxygens (including phenoxy) is 1. The summed E-state index contributed by atoms with van der Waals surface area (Å²) < 4.78 is 9.90. The van der Waals surface area contributed by atoms with Gasteiger partial charge in [0.1, 0.15) is 17.1 Å². The van der Waals surface area contributed by atoms with Gasteiger partial charge in [-0.05, 0) is 30.9 Å². The normalized spacial score (nSPS) is 17.5. The molecular formula is C15H20N4O2S. The molecule has 0 unspecified atom stereocenters. The summed E-state index contributed by atoms with van der Waals surface area (Å²) >= 11 is 1.29. The lowest BCUT2D eigenvalue weighted by Gasteiger charge is -2.28. The Balaban J connectivity index is 1.71. The fraction of sp³-hybridized carbons (Fsp3) is 0.533. The van der Waals surface area contributed by atoms with Crippen LogP contribution in [0.2, 0.25) is 0 Å². The van der Waals surface area contributed by atoms with Crippen LogP contribution < -0.4 is 4.72 Å². The zero-order valence-electron chi connectivity index (χ0n) is 12.6. The molecule has 0 bridgehead atoms. The highest BCUT2D eigenvalue weighted by atomic mass is 32.2. The average Bonchev–Trinajstić information content (AvgIpc) is 2.99. The van der Waals surface area contributed by atoms with Crippen molar-refractivity contribution in [3.8, 4) is 0 Å². The highest BCUT2D eigenvalue weighted by molar-refractivity contribution is 7.96. The molecule has 2 aromatic rings. The molecule has 3 rings (SSSR count). The van der Waals surface area contributed by atoms with Crippen molar-refractivity contribution in [2.24, 2.45) is 5.92 Å². The first kappa shape index (κ1) is 15.3. The van der Waals surface area contributed by atoms with E-state index in [4.69, 9.17) is 4.74 Å². The minimum atomic E-state index is -0.307. The van der Waals surface area contributed by atoms with Crippen LogP contribution >= 0.6 is 12.1 Å². The third-order valence-electron chi connectivity index (χ3n) is 4.16. The summed E-state index contributed by atoms with van der Waals surface area (Å²) in [6, 6.07) is 7.44. The van der Waals surface area contributed by atoms with Crippen LogP contribution in [0.1, 0.15) is 32.1 Å². The lowest BCUT2D eigenvalue weighted by Crippen LogP contribution is -2.41. The minimum Gasteiger partial charge on any atom is -0.468 e. The Bertz CT molecular complexity index is 639. The van der Waals surface area contributed by atoms with E-state index in [0.29, 0.717) is 5.92 Å². The smallest absolute Gasteiger partial charge is 0.324 e. The largest absolute Gasteiger partial charge is 0.468 e. The first-order chi connectivity index (χ1) is 10.8. The maximum atomic E-state index is 12.1. The second-order valence-electron chi connectivity index (χ2n) is 5.56. The topological polar surface area (TPSA) is 69.0 Å². The molecule has 1 saturated carbocycles. The van der Waals surface area contributed by atoms with E-state index >= 15 is 0 Å². The molecule has 6 nitrogen and oxygen atoms in total. The number of carbonyl (C=O) groups excluding carboxylic acids is 1. The van der Waals surface area contributed by atoms with Crippen LogP contribution in [0.3, 0.4) is 0 Å². The van der Waals surface area contributed by atoms with Gasteiger partial charge in [0.25, 0.3) is 0 Å². The van der Waals surface area contributed by atoms with E-state index in [1.165, 1.54) is 38.5 Å². The second-order valence-corrected chi connectivity index (χ2v) is 6.32. The van der Waals surface area contributed by atoms with Gasteiger partial charge >= 0.3 is 5.97 Å². The predicted molar refractivity (Wildman–Crippen MR) is 86.0 cm³/mol. The Labute approximate surface area is 133 Å². The van der Waals surface area contributed by atoms with Gasteiger partial charge in [-0.2, -0.15) is 4.09 Å². The minimum absolute atomic E-state index is 0.205. The average molecular weight is 320 g/mol. The zero-order valence-corrected chi connectivity index (χ0v) is 13.4. The number of methoxy groups -OCH3 is 1. The van der Waals surface area contributed by atoms with E-state index < -0.39 is 0 Å². The Morgan fingerprint density at radius 3 is 2.91 bits per heavy atom. The van der Waals surface area contributed by atoms with Crippen LogP contribution in [0.5, 0.6) is 0 Å². The standard InChI is InChI=1S/C15H20N4O2S/c1-21-15(20)14(11-7-3-2-4-8-11)17-22-19-13-10-6-5-9-12(13)16-18-19/h5-6,9-11,14,17H,2-4,7-8H2,1H3/t14-/m0/s1. The van der Waals surface area contributed by atoms with Gasteiger partial charge in [-0.15, -0.1) is 5.10 Å². The van der Waals surface area contributed by atoms with Crippen LogP contribution in [0, 0.1) is 5.92 Å². The molecule has 7 heteroatoms. The van der Waals surface area contributed by atoms with Crippen molar-refractivity contribution in [3.05, 3.63) is 24.3 Å². The second kappa shape index (κ2) is 7.11. The number of carbonyl (C=O) groups is 1. The summed E-state index contributed by atoms with van der Waals surface area (Å²) in [6.45, 7) is 0. The molecule has 0 spiro atoms. The Kier molecular flexibility index (Phi) is 4.94. The zero-order chi connectivity index (χ0) is 15.4. The Morgan fingerprint density at radius 1 is 1.36 bits per heavy atom. The molecule has 0 aliphatic heterocycles. The highest BCUT2D eigenvalue weighted by Gasteiger charge is 2.30. The van der Waals surface area contributed by atoms with Crippen molar-refractivity contribution in [3.63, 3.8) is 0 Å². The van der Waals surface area contributed by atoms with Gasteiger partial charge in [0.05, 0.1) is 19.2 Å². The first-order valence-electron chi connectivity index (χ1n) is 7.60. The van der Waals surface area contributed by atoms with Gasteiger partial charge in [0, 0.05) is 0 Å². The fourth-order valence-corrected chi connectivity index (χ4v) is 3.78. The van der Waals surface area contributed by atoms with Gasteiger partial charge in [-0.3, -0.25) is 4.79 Å². The van der Waals surface area contributed by atoms with Crippen molar-refractivity contribution in [2.75, 3.05) is 7.11 Å². The van der Waals surface area contributed by atoms with Crippen molar-refractivity contribution >= 4 is 29.1 Å². The lowest BCUT2D eigenvalue weighted by molar-refractivity contribution is -0.144. The number of fused-ring (bicyclic) bond motifs is 1. The molecular weight excluding hydrogens is 300 g/mol. The molecule has 118 valence electrons. The van der Waals surface area contributed by atoms with Gasteiger partial charge in [-0.1, -0.05) is 36.6 Å². The number of rotatable bonds is 5. The lowest BCUT2D eigenvalue weighted by atomic mass is 9.84. The molecule has 22 heavy (non-hydrogen) atoms. The van der Waals surface area contributed by atoms with Crippen LogP contribution in [0.4, 0.5) is 0 Å². The van der Waals surface area contributed by atoms with E-state index in [1.54, 1.807) is 4.09 Å². The fourth-order valence-electron chi connectivity index (χ4n) is 2.95. The predicted octanol–water partition coefficient (Wildman–Crippen LogP) is 2.55. The SMILES string of the molecule is COC(=O)[C@@H](NSn1nnc2ccccc21)C1CCCCC1. The number of nitrogens with one attached hydrogen (secondary N) is 1. The summed E-state index contributed by atoms with van der Waals surface area (Å²) in [7, 11) is 1.44. The number of benzene rings is 1. The van der Waals surface area contributed by atoms with Gasteiger partial charge in [0.15, 0.2) is 0 Å². The number of hydrogen-bond donors (Lipinski definition) is 1. The molecule has 0 saturated heterocycles. The van der Waals surface area contributed by atoms with Crippen LogP contribution in [0.25, 0.3) is 11.0 Å². The molecule has 1 fully saturated rings. The highest BCUT2D eigenvalue weighted by Crippen LogP contribution is 2.28. The maximum absolute atomic E-state index is 12.1. The Hall–Kier alpha value is -1.60. The number of esters is 1. The van der Waals surface area contributed by atoms with Crippen LogP contribution in [-0.2, 0) is 9.53 Å². The summed E-state index contributed by atoms with van der Waals surface area (Å²) in [5.41, 5.74) is 1.76. The van der Waals surface area contributed by atoms with E-state index in [0.717, 1.165) is 23.9 Å². The summed E-state index contributed by atoms with van der Waals surface area (Å²) in [6.07, 6.45) is 5.73. The van der Waals surface area contributed by atoms with E-state index in [-0.39, 0.29) is 12.0 Å². The van der Waals surface area contributed by atoms with Crippen molar-refractivity contribution in [1.29, 1.82) is 0 Å². The molecule has 0 radical (unpaired) electrons. The molecule has 0 amide bonds. The van der Waals surface area contributed by atoms with Crippen molar-refractivity contribution in [2.45, 2.75) is 38.1 Å². The molecule has 1 aliphatic rings. The monoisotopic (exact) mass is 320 g/mol. The molecule has 1 heterocycles. The first-order valence-corrected chi connectivity index (χ1v) is 8.38. The molecule has 1 aliphatic carbocycles. The van der Waals surface area contributed by atoms with Gasteiger partial charge < -0.3 is 4.74 Å². The number of para-hydroxylation sites is 1. The number of hydrogen-bond acceptors (Lipinski definition) is 6. The van der Waals surface area contributed by atoms with E-state index in [1.807, 2.05) is 24.3 Å². The maximum Gasteiger partial charge on any atom is 0.324 e. The third-order valence-corrected chi connectivity index (χ3v) is 4.97. The number of aromatic nitrogens is 3. The molecule has 1 aromatic carbocycles. The molecule has 1 aromatic heterocycles. The van der Waals surface area contributed by atoms with E-state index in [9.17, 15) is 4.79 Å². The third kappa shape index (κ3) is 3.25. The van der Waals surface area contributed by atoms with Crippen LogP contribution in [-0.4, -0.2) is 33.5 Å². The van der Waals surface area contributed by atoms with Gasteiger partial charge in [0.2, 0.25) is 0 Å². The molecule has 1 atom stereocenters. The van der Waals surface area contributed by atoms with Gasteiger partial charge in [-0.25, -0.2) is 4.72 Å². The molecule has 1 N–H and O–H groups in total. The Morgan fingerprint density at radius 2 is 2.14 bits per heavy atom. The van der Waals surface area contributed by atoms with Crippen molar-refractivity contribution in [1.82, 2.24) is 19.1 Å². The summed E-state index contributed by atoms with van der Waals surface area (Å²) in [5, 5.41) is 8.22. The van der Waals surface area contributed by atoms with E-state index in [2.05, 4.69) is 15.0 Å². The van der Waals surface area contributed by atoms with Crippen LogP contribution in [0.15, 0.2) is 24.3 Å². The summed E-state index contributed by atoms with van der Waals surface area (Å²) in [4.78, 5) is 12.1. The quantitative estimate of drug-likeness (QED) is 0.674. The number of nitrogens with zero attached hydrogens (tertiary/aromatic N) is 3. The summed E-state index contributed by atoms with van der Waals surface area (Å²) in [5.74, 6) is 0.118. The van der Waals surface area contributed by atoms with Crippen molar-refractivity contribution < 1.29 is 9.53 Å².